The van der Waals surface area contributed by atoms with Crippen molar-refractivity contribution in [3.63, 3.8) is 0 Å². The van der Waals surface area contributed by atoms with Gasteiger partial charge in [-0.25, -0.2) is 4.79 Å². The number of nitrogens with zero attached hydrogens (tertiary/aromatic N) is 2. The molecular formula is C15H19ClN2O2. The molecule has 1 aromatic rings. The summed E-state index contributed by atoms with van der Waals surface area (Å²) in [7, 11) is 3.26. The lowest BCUT2D eigenvalue weighted by Gasteiger charge is -2.53. The summed E-state index contributed by atoms with van der Waals surface area (Å²) < 4.78 is 2.79. The Morgan fingerprint density at radius 1 is 1.25 bits per heavy atom. The SMILES string of the molecule is CC1=C[C@]2(C)[C@H]1c1c(n(C)c(=O)n(C)c1=O)[C@@H](C)[C@H]2Cl. The highest BCUT2D eigenvalue weighted by atomic mass is 35.5. The summed E-state index contributed by atoms with van der Waals surface area (Å²) in [5.74, 6) is 0.00515. The number of aromatic nitrogens is 2. The van der Waals surface area contributed by atoms with Crippen molar-refractivity contribution < 1.29 is 0 Å². The molecule has 0 N–H and O–H groups in total. The molecule has 0 unspecified atom stereocenters. The Bertz CT molecular complexity index is 758. The van der Waals surface area contributed by atoms with Crippen LogP contribution in [0.3, 0.4) is 0 Å². The van der Waals surface area contributed by atoms with Crippen molar-refractivity contribution in [1.82, 2.24) is 9.13 Å². The van der Waals surface area contributed by atoms with Crippen molar-refractivity contribution in [2.75, 3.05) is 0 Å². The summed E-state index contributed by atoms with van der Waals surface area (Å²) in [6.45, 7) is 6.13. The largest absolute Gasteiger partial charge is 0.330 e. The molecule has 2 aliphatic carbocycles. The van der Waals surface area contributed by atoms with Gasteiger partial charge in [-0.2, -0.15) is 0 Å². The van der Waals surface area contributed by atoms with Crippen molar-refractivity contribution in [3.05, 3.63) is 43.7 Å². The van der Waals surface area contributed by atoms with E-state index in [0.29, 0.717) is 0 Å². The second-order valence-corrected chi connectivity index (χ2v) is 6.85. The number of halogens is 1. The Kier molecular flexibility index (Phi) is 2.65. The molecule has 0 aromatic carbocycles. The first kappa shape index (κ1) is 13.7. The van der Waals surface area contributed by atoms with Gasteiger partial charge in [0.25, 0.3) is 5.56 Å². The molecule has 3 rings (SSSR count). The van der Waals surface area contributed by atoms with E-state index in [0.717, 1.165) is 11.3 Å². The number of allylic oxidation sites excluding steroid dienone is 2. The van der Waals surface area contributed by atoms with E-state index < -0.39 is 0 Å². The zero-order chi connectivity index (χ0) is 15.0. The van der Waals surface area contributed by atoms with Gasteiger partial charge < -0.3 is 0 Å². The van der Waals surface area contributed by atoms with Gasteiger partial charge in [0, 0.05) is 42.6 Å². The zero-order valence-corrected chi connectivity index (χ0v) is 13.2. The fraction of sp³-hybridized carbons (Fsp3) is 0.600. The monoisotopic (exact) mass is 294 g/mol. The normalized spacial score (nSPS) is 34.9. The van der Waals surface area contributed by atoms with Crippen LogP contribution in [-0.2, 0) is 14.1 Å². The first-order valence-electron chi connectivity index (χ1n) is 6.85. The molecule has 5 heteroatoms. The highest BCUT2D eigenvalue weighted by Crippen LogP contribution is 2.60. The second kappa shape index (κ2) is 3.88. The molecule has 20 heavy (non-hydrogen) atoms. The third kappa shape index (κ3) is 1.33. The lowest BCUT2D eigenvalue weighted by Crippen LogP contribution is -2.53. The smallest absolute Gasteiger partial charge is 0.300 e. The van der Waals surface area contributed by atoms with Crippen LogP contribution in [0.15, 0.2) is 21.2 Å². The third-order valence-electron chi connectivity index (χ3n) is 5.12. The standard InChI is InChI=1S/C15H19ClN2O2/c1-7-6-15(3)10(7)9-11(8(2)12(15)16)17(4)14(20)18(5)13(9)19/h6,8,10,12H,1-5H3/t8-,10-,12-,15-/m1/s1. The molecule has 4 atom stereocenters. The Morgan fingerprint density at radius 3 is 2.40 bits per heavy atom. The summed E-state index contributed by atoms with van der Waals surface area (Å²) >= 11 is 6.65. The molecule has 0 amide bonds. The Morgan fingerprint density at radius 2 is 1.85 bits per heavy atom. The molecule has 1 aromatic heterocycles. The van der Waals surface area contributed by atoms with Crippen molar-refractivity contribution >= 4 is 11.6 Å². The molecule has 1 heterocycles. The maximum atomic E-state index is 12.6. The maximum absolute atomic E-state index is 12.6. The molecule has 4 nitrogen and oxygen atoms in total. The number of rotatable bonds is 0. The first-order chi connectivity index (χ1) is 9.21. The average Bonchev–Trinajstić information content (AvgIpc) is 2.39. The van der Waals surface area contributed by atoms with E-state index in [9.17, 15) is 9.59 Å². The summed E-state index contributed by atoms with van der Waals surface area (Å²) in [4.78, 5) is 24.7. The fourth-order valence-electron chi connectivity index (χ4n) is 4.21. The van der Waals surface area contributed by atoms with Gasteiger partial charge in [-0.3, -0.25) is 13.9 Å². The molecule has 0 radical (unpaired) electrons. The van der Waals surface area contributed by atoms with E-state index >= 15 is 0 Å². The quantitative estimate of drug-likeness (QED) is 0.541. The van der Waals surface area contributed by atoms with Gasteiger partial charge in [-0.1, -0.05) is 25.5 Å². The molecule has 108 valence electrons. The number of hydrogen-bond acceptors (Lipinski definition) is 2. The number of fused-ring (bicyclic) bond motifs is 3. The summed E-state index contributed by atoms with van der Waals surface area (Å²) in [5.41, 5.74) is 2.06. The predicted octanol–water partition coefficient (Wildman–Crippen LogP) is 1.86. The van der Waals surface area contributed by atoms with E-state index in [4.69, 9.17) is 11.6 Å². The van der Waals surface area contributed by atoms with Crippen LogP contribution in [0.25, 0.3) is 0 Å². The van der Waals surface area contributed by atoms with Crippen LogP contribution in [0.2, 0.25) is 0 Å². The second-order valence-electron chi connectivity index (χ2n) is 6.38. The molecule has 0 fully saturated rings. The van der Waals surface area contributed by atoms with Gasteiger partial charge in [0.05, 0.1) is 5.38 Å². The van der Waals surface area contributed by atoms with Crippen LogP contribution in [-0.4, -0.2) is 14.5 Å². The molecule has 0 spiro atoms. The number of alkyl halides is 1. The van der Waals surface area contributed by atoms with E-state index in [1.807, 2.05) is 13.8 Å². The van der Waals surface area contributed by atoms with Crippen LogP contribution < -0.4 is 11.2 Å². The van der Waals surface area contributed by atoms with Crippen LogP contribution >= 0.6 is 11.6 Å². The zero-order valence-electron chi connectivity index (χ0n) is 12.4. The molecule has 0 bridgehead atoms. The summed E-state index contributed by atoms with van der Waals surface area (Å²) in [5, 5.41) is -0.110. The Hall–Kier alpha value is -1.29. The van der Waals surface area contributed by atoms with Gasteiger partial charge in [-0.05, 0) is 6.92 Å². The van der Waals surface area contributed by atoms with Crippen LogP contribution in [0.1, 0.15) is 43.9 Å². The van der Waals surface area contributed by atoms with Crippen molar-refractivity contribution in [3.8, 4) is 0 Å². The highest BCUT2D eigenvalue weighted by molar-refractivity contribution is 6.22. The van der Waals surface area contributed by atoms with Crippen molar-refractivity contribution in [1.29, 1.82) is 0 Å². The van der Waals surface area contributed by atoms with Crippen molar-refractivity contribution in [2.24, 2.45) is 19.5 Å². The molecule has 0 aliphatic heterocycles. The van der Waals surface area contributed by atoms with E-state index in [1.165, 1.54) is 17.2 Å². The lowest BCUT2D eigenvalue weighted by molar-refractivity contribution is 0.247. The molecule has 0 saturated heterocycles. The summed E-state index contributed by atoms with van der Waals surface area (Å²) in [6.07, 6.45) is 2.17. The van der Waals surface area contributed by atoms with Crippen LogP contribution in [0.5, 0.6) is 0 Å². The molecule has 2 aliphatic rings. The highest BCUT2D eigenvalue weighted by Gasteiger charge is 2.55. The van der Waals surface area contributed by atoms with Gasteiger partial charge in [0.15, 0.2) is 0 Å². The van der Waals surface area contributed by atoms with E-state index in [1.54, 1.807) is 11.6 Å². The first-order valence-corrected chi connectivity index (χ1v) is 7.28. The minimum Gasteiger partial charge on any atom is -0.300 e. The minimum absolute atomic E-state index is 0.0242. The molecular weight excluding hydrogens is 276 g/mol. The van der Waals surface area contributed by atoms with Crippen LogP contribution in [0, 0.1) is 5.41 Å². The lowest BCUT2D eigenvalue weighted by atomic mass is 9.53. The fourth-order valence-corrected chi connectivity index (χ4v) is 4.52. The van der Waals surface area contributed by atoms with E-state index in [-0.39, 0.29) is 33.9 Å². The predicted molar refractivity (Wildman–Crippen MR) is 79.6 cm³/mol. The Labute approximate surface area is 122 Å². The van der Waals surface area contributed by atoms with E-state index in [2.05, 4.69) is 13.0 Å². The maximum Gasteiger partial charge on any atom is 0.330 e. The average molecular weight is 295 g/mol. The van der Waals surface area contributed by atoms with Crippen LogP contribution in [0.4, 0.5) is 0 Å². The topological polar surface area (TPSA) is 44.0 Å². The minimum atomic E-state index is -0.283. The molecule has 0 saturated carbocycles. The van der Waals surface area contributed by atoms with Gasteiger partial charge in [-0.15, -0.1) is 11.6 Å². The third-order valence-corrected chi connectivity index (χ3v) is 5.96. The van der Waals surface area contributed by atoms with Crippen molar-refractivity contribution in [2.45, 2.75) is 38.0 Å². The van der Waals surface area contributed by atoms with Gasteiger partial charge >= 0.3 is 5.69 Å². The Balaban J connectivity index is 2.45. The van der Waals surface area contributed by atoms with Gasteiger partial charge in [0.2, 0.25) is 0 Å². The van der Waals surface area contributed by atoms with Gasteiger partial charge in [0.1, 0.15) is 0 Å². The number of hydrogen-bond donors (Lipinski definition) is 0. The summed E-state index contributed by atoms with van der Waals surface area (Å²) in [6, 6.07) is 0.